The zero-order chi connectivity index (χ0) is 8.48. The third-order valence-corrected chi connectivity index (χ3v) is 2.22. The molecule has 0 saturated heterocycles. The molecule has 0 aromatic heterocycles. The van der Waals surface area contributed by atoms with Crippen molar-refractivity contribution in [3.05, 3.63) is 0 Å². The molecule has 0 radical (unpaired) electrons. The second-order valence-electron chi connectivity index (χ2n) is 3.36. The highest BCUT2D eigenvalue weighted by atomic mass is 19.4. The molecule has 1 aliphatic carbocycles. The first-order valence-corrected chi connectivity index (χ1v) is 4.09. The monoisotopic (exact) mass is 166 g/mol. The first kappa shape index (κ1) is 8.88. The number of alkyl halides is 3. The minimum absolute atomic E-state index is 0.0463. The number of halogens is 3. The number of rotatable bonds is 3. The maximum Gasteiger partial charge on any atom is 0.389 e. The van der Waals surface area contributed by atoms with Crippen LogP contribution >= 0.6 is 0 Å². The predicted octanol–water partition coefficient (Wildman–Crippen LogP) is 3.38. The van der Waals surface area contributed by atoms with E-state index in [9.17, 15) is 13.2 Å². The zero-order valence-electron chi connectivity index (χ0n) is 6.62. The van der Waals surface area contributed by atoms with Crippen molar-refractivity contribution in [2.24, 2.45) is 11.8 Å². The molecule has 0 spiro atoms. The predicted molar refractivity (Wildman–Crippen MR) is 37.2 cm³/mol. The Morgan fingerprint density at radius 3 is 2.36 bits per heavy atom. The summed E-state index contributed by atoms with van der Waals surface area (Å²) in [6.45, 7) is 2.02. The molecule has 1 rings (SSSR count). The van der Waals surface area contributed by atoms with E-state index in [2.05, 4.69) is 0 Å². The van der Waals surface area contributed by atoms with E-state index in [-0.39, 0.29) is 5.92 Å². The van der Waals surface area contributed by atoms with Gasteiger partial charge in [0.1, 0.15) is 0 Å². The standard InChI is InChI=1S/C8H13F3/c1-2-3-6-4-7(6)5-8(9,10)11/h6-7H,2-5H2,1H3. The molecule has 3 heteroatoms. The Kier molecular flexibility index (Phi) is 2.45. The van der Waals surface area contributed by atoms with Gasteiger partial charge in [0.25, 0.3) is 0 Å². The SMILES string of the molecule is CCCC1CC1CC(F)(F)F. The fourth-order valence-electron chi connectivity index (χ4n) is 1.58. The van der Waals surface area contributed by atoms with E-state index in [0.717, 1.165) is 19.3 Å². The van der Waals surface area contributed by atoms with Crippen molar-refractivity contribution < 1.29 is 13.2 Å². The fourth-order valence-corrected chi connectivity index (χ4v) is 1.58. The van der Waals surface area contributed by atoms with Gasteiger partial charge in [-0.2, -0.15) is 13.2 Å². The van der Waals surface area contributed by atoms with Crippen LogP contribution in [-0.2, 0) is 0 Å². The van der Waals surface area contributed by atoms with E-state index in [1.807, 2.05) is 6.92 Å². The van der Waals surface area contributed by atoms with Gasteiger partial charge in [-0.05, 0) is 18.3 Å². The van der Waals surface area contributed by atoms with Crippen LogP contribution in [0, 0.1) is 11.8 Å². The van der Waals surface area contributed by atoms with Crippen molar-refractivity contribution >= 4 is 0 Å². The van der Waals surface area contributed by atoms with Crippen molar-refractivity contribution in [2.75, 3.05) is 0 Å². The van der Waals surface area contributed by atoms with E-state index in [4.69, 9.17) is 0 Å². The summed E-state index contributed by atoms with van der Waals surface area (Å²) in [6, 6.07) is 0. The average Bonchev–Trinajstić information content (AvgIpc) is 2.44. The van der Waals surface area contributed by atoms with Gasteiger partial charge >= 0.3 is 6.18 Å². The number of hydrogen-bond donors (Lipinski definition) is 0. The van der Waals surface area contributed by atoms with Crippen molar-refractivity contribution in [3.63, 3.8) is 0 Å². The Morgan fingerprint density at radius 1 is 1.27 bits per heavy atom. The molecule has 0 aromatic rings. The van der Waals surface area contributed by atoms with Gasteiger partial charge < -0.3 is 0 Å². The van der Waals surface area contributed by atoms with Crippen molar-refractivity contribution in [1.29, 1.82) is 0 Å². The molecule has 0 nitrogen and oxygen atoms in total. The lowest BCUT2D eigenvalue weighted by atomic mass is 10.1. The van der Waals surface area contributed by atoms with Gasteiger partial charge in [-0.1, -0.05) is 19.8 Å². The normalized spacial score (nSPS) is 30.5. The van der Waals surface area contributed by atoms with Crippen molar-refractivity contribution in [1.82, 2.24) is 0 Å². The van der Waals surface area contributed by atoms with Crippen LogP contribution in [0.25, 0.3) is 0 Å². The maximum absolute atomic E-state index is 11.8. The summed E-state index contributed by atoms with van der Waals surface area (Å²) in [5.74, 6) is 0.330. The summed E-state index contributed by atoms with van der Waals surface area (Å²) < 4.78 is 35.3. The van der Waals surface area contributed by atoms with Crippen LogP contribution in [0.15, 0.2) is 0 Å². The summed E-state index contributed by atoms with van der Waals surface area (Å²) in [7, 11) is 0. The van der Waals surface area contributed by atoms with E-state index >= 15 is 0 Å². The summed E-state index contributed by atoms with van der Waals surface area (Å²) in [6.07, 6.45) is -1.71. The average molecular weight is 166 g/mol. The molecule has 11 heavy (non-hydrogen) atoms. The molecule has 1 saturated carbocycles. The van der Waals surface area contributed by atoms with Crippen LogP contribution < -0.4 is 0 Å². The van der Waals surface area contributed by atoms with Gasteiger partial charge in [0, 0.05) is 6.42 Å². The van der Waals surface area contributed by atoms with Crippen LogP contribution in [0.5, 0.6) is 0 Å². The maximum atomic E-state index is 11.8. The molecule has 66 valence electrons. The molecule has 1 fully saturated rings. The van der Waals surface area contributed by atoms with Gasteiger partial charge in [-0.3, -0.25) is 0 Å². The summed E-state index contributed by atoms with van der Waals surface area (Å²) in [5.41, 5.74) is 0. The Bertz CT molecular complexity index is 128. The quantitative estimate of drug-likeness (QED) is 0.603. The largest absolute Gasteiger partial charge is 0.389 e. The minimum atomic E-state index is -3.94. The van der Waals surface area contributed by atoms with E-state index in [1.165, 1.54) is 0 Å². The Balaban J connectivity index is 2.13. The molecular formula is C8H13F3. The molecule has 0 N–H and O–H groups in total. The van der Waals surface area contributed by atoms with Gasteiger partial charge in [-0.15, -0.1) is 0 Å². The molecule has 2 unspecified atom stereocenters. The van der Waals surface area contributed by atoms with Crippen molar-refractivity contribution in [3.8, 4) is 0 Å². The van der Waals surface area contributed by atoms with Crippen LogP contribution in [0.1, 0.15) is 32.6 Å². The first-order chi connectivity index (χ1) is 5.03. The Labute approximate surface area is 64.8 Å². The Hall–Kier alpha value is -0.210. The molecule has 1 aliphatic rings. The second kappa shape index (κ2) is 3.03. The smallest absolute Gasteiger partial charge is 0.171 e. The molecule has 0 bridgehead atoms. The topological polar surface area (TPSA) is 0 Å². The van der Waals surface area contributed by atoms with Gasteiger partial charge in [0.05, 0.1) is 0 Å². The summed E-state index contributed by atoms with van der Waals surface area (Å²) in [4.78, 5) is 0. The van der Waals surface area contributed by atoms with Crippen LogP contribution in [0.3, 0.4) is 0 Å². The van der Waals surface area contributed by atoms with Crippen molar-refractivity contribution in [2.45, 2.75) is 38.8 Å². The summed E-state index contributed by atoms with van der Waals surface area (Å²) >= 11 is 0. The van der Waals surface area contributed by atoms with E-state index in [1.54, 1.807) is 0 Å². The van der Waals surface area contributed by atoms with Gasteiger partial charge in [-0.25, -0.2) is 0 Å². The molecular weight excluding hydrogens is 153 g/mol. The van der Waals surface area contributed by atoms with E-state index < -0.39 is 12.6 Å². The molecule has 0 amide bonds. The molecule has 0 heterocycles. The van der Waals surface area contributed by atoms with Crippen LogP contribution in [-0.4, -0.2) is 6.18 Å². The lowest BCUT2D eigenvalue weighted by molar-refractivity contribution is -0.138. The molecule has 2 atom stereocenters. The highest BCUT2D eigenvalue weighted by Crippen LogP contribution is 2.48. The highest BCUT2D eigenvalue weighted by molar-refractivity contribution is 4.87. The van der Waals surface area contributed by atoms with Crippen LogP contribution in [0.2, 0.25) is 0 Å². The first-order valence-electron chi connectivity index (χ1n) is 4.09. The van der Waals surface area contributed by atoms with E-state index in [0.29, 0.717) is 5.92 Å². The van der Waals surface area contributed by atoms with Gasteiger partial charge in [0.2, 0.25) is 0 Å². The second-order valence-corrected chi connectivity index (χ2v) is 3.36. The molecule has 0 aromatic carbocycles. The number of hydrogen-bond acceptors (Lipinski definition) is 0. The highest BCUT2D eigenvalue weighted by Gasteiger charge is 2.43. The molecule has 0 aliphatic heterocycles. The minimum Gasteiger partial charge on any atom is -0.171 e. The fraction of sp³-hybridized carbons (Fsp3) is 1.00. The van der Waals surface area contributed by atoms with Gasteiger partial charge in [0.15, 0.2) is 0 Å². The lowest BCUT2D eigenvalue weighted by Crippen LogP contribution is -2.08. The Morgan fingerprint density at radius 2 is 1.91 bits per heavy atom. The third-order valence-electron chi connectivity index (χ3n) is 2.22. The zero-order valence-corrected chi connectivity index (χ0v) is 6.62. The third kappa shape index (κ3) is 3.12. The summed E-state index contributed by atoms with van der Waals surface area (Å²) in [5, 5.41) is 0. The lowest BCUT2D eigenvalue weighted by Gasteiger charge is -2.03. The van der Waals surface area contributed by atoms with Crippen LogP contribution in [0.4, 0.5) is 13.2 Å².